The van der Waals surface area contributed by atoms with E-state index < -0.39 is 22.0 Å². The lowest BCUT2D eigenvalue weighted by molar-refractivity contribution is -0.107. The van der Waals surface area contributed by atoms with Crippen LogP contribution in [-0.2, 0) is 25.7 Å². The van der Waals surface area contributed by atoms with Crippen LogP contribution in [0.25, 0.3) is 0 Å². The summed E-state index contributed by atoms with van der Waals surface area (Å²) in [4.78, 5) is 8.14. The Hall–Kier alpha value is -2.93. The monoisotopic (exact) mass is 599 g/mol. The number of anilines is 2. The zero-order valence-electron chi connectivity index (χ0n) is 22.8. The number of ether oxygens (including phenoxy) is 2. The zero-order chi connectivity index (χ0) is 29.5. The Bertz CT molecular complexity index is 1260. The SMILES string of the molecule is CN(C)c1ccc([S+](c2ccc(OC3CCCO3)cc2)c2ccc(N(C)C)cc2)cc1.O=S(=O)(O)CC(F)(F)F. The Morgan fingerprint density at radius 1 is 0.850 bits per heavy atom. The van der Waals surface area contributed by atoms with Gasteiger partial charge < -0.3 is 19.3 Å². The quantitative estimate of drug-likeness (QED) is 0.257. The summed E-state index contributed by atoms with van der Waals surface area (Å²) in [7, 11) is 3.18. The second kappa shape index (κ2) is 13.6. The van der Waals surface area contributed by atoms with E-state index in [0.29, 0.717) is 0 Å². The standard InChI is InChI=1S/C26H31N2O2S.C2H3F3O3S/c1-27(2)20-7-13-23(14-8-20)31(24-15-9-21(10-16-24)28(3)4)25-17-11-22(12-18-25)30-26-6-5-19-29-26;3-2(4,5)1-9(6,7)8/h7-18,26H,5-6,19H2,1-4H3;1H2,(H,6,7,8)/q+1;. The second-order valence-electron chi connectivity index (χ2n) is 9.46. The lowest BCUT2D eigenvalue weighted by Crippen LogP contribution is -2.21. The fraction of sp³-hybridized carbons (Fsp3) is 0.357. The molecular formula is C28H34F3N2O5S2+. The first-order valence-electron chi connectivity index (χ1n) is 12.4. The molecule has 0 amide bonds. The third-order valence-electron chi connectivity index (χ3n) is 5.74. The Morgan fingerprint density at radius 3 is 1.57 bits per heavy atom. The van der Waals surface area contributed by atoms with Crippen molar-refractivity contribution in [1.29, 1.82) is 0 Å². The maximum atomic E-state index is 11.0. The molecule has 3 aromatic rings. The fourth-order valence-corrected chi connectivity index (χ4v) is 6.28. The Kier molecular flexibility index (Phi) is 10.8. The van der Waals surface area contributed by atoms with Crippen molar-refractivity contribution in [3.8, 4) is 5.75 Å². The van der Waals surface area contributed by atoms with E-state index in [-0.39, 0.29) is 17.2 Å². The summed E-state index contributed by atoms with van der Waals surface area (Å²) < 4.78 is 71.2. The average Bonchev–Trinajstić information content (AvgIpc) is 3.37. The van der Waals surface area contributed by atoms with Gasteiger partial charge in [-0.15, -0.1) is 0 Å². The normalized spacial score (nSPS) is 15.4. The van der Waals surface area contributed by atoms with Crippen LogP contribution in [0, 0.1) is 0 Å². The number of halogens is 3. The van der Waals surface area contributed by atoms with E-state index in [1.807, 2.05) is 0 Å². The Balaban J connectivity index is 0.000000424. The Morgan fingerprint density at radius 2 is 1.27 bits per heavy atom. The van der Waals surface area contributed by atoms with Crippen LogP contribution in [0.3, 0.4) is 0 Å². The van der Waals surface area contributed by atoms with Gasteiger partial charge in [-0.2, -0.15) is 21.6 Å². The average molecular weight is 600 g/mol. The molecule has 1 unspecified atom stereocenters. The maximum absolute atomic E-state index is 11.0. The van der Waals surface area contributed by atoms with Gasteiger partial charge in [0.15, 0.2) is 26.7 Å². The molecule has 3 aromatic carbocycles. The van der Waals surface area contributed by atoms with Crippen molar-refractivity contribution in [3.63, 3.8) is 0 Å². The minimum Gasteiger partial charge on any atom is -0.465 e. The van der Waals surface area contributed by atoms with Crippen LogP contribution >= 0.6 is 0 Å². The van der Waals surface area contributed by atoms with Crippen LogP contribution in [0.1, 0.15) is 12.8 Å². The van der Waals surface area contributed by atoms with Crippen molar-refractivity contribution in [2.75, 3.05) is 50.4 Å². The summed E-state index contributed by atoms with van der Waals surface area (Å²) in [5.74, 6) is -1.31. The molecule has 1 fully saturated rings. The zero-order valence-corrected chi connectivity index (χ0v) is 24.4. The van der Waals surface area contributed by atoms with E-state index >= 15 is 0 Å². The molecule has 0 bridgehead atoms. The van der Waals surface area contributed by atoms with E-state index in [4.69, 9.17) is 14.0 Å². The smallest absolute Gasteiger partial charge is 0.405 e. The van der Waals surface area contributed by atoms with E-state index in [1.165, 1.54) is 26.1 Å². The minimum absolute atomic E-state index is 0.110. The minimum atomic E-state index is -4.91. The number of hydrogen-bond donors (Lipinski definition) is 1. The molecule has 12 heteroatoms. The van der Waals surface area contributed by atoms with Crippen molar-refractivity contribution >= 4 is 32.4 Å². The van der Waals surface area contributed by atoms with Crippen LogP contribution < -0.4 is 14.5 Å². The molecule has 1 aliphatic heterocycles. The summed E-state index contributed by atoms with van der Waals surface area (Å²) in [6.07, 6.45) is -2.94. The summed E-state index contributed by atoms with van der Waals surface area (Å²) in [6, 6.07) is 26.3. The molecule has 0 aliphatic carbocycles. The third kappa shape index (κ3) is 9.92. The van der Waals surface area contributed by atoms with Crippen LogP contribution in [0.4, 0.5) is 24.5 Å². The largest absolute Gasteiger partial charge is 0.465 e. The van der Waals surface area contributed by atoms with Crippen LogP contribution in [0.2, 0.25) is 0 Å². The van der Waals surface area contributed by atoms with Gasteiger partial charge in [0.05, 0.1) is 17.5 Å². The van der Waals surface area contributed by atoms with Crippen molar-refractivity contribution < 1.29 is 35.6 Å². The lowest BCUT2D eigenvalue weighted by Gasteiger charge is -2.15. The fourth-order valence-electron chi connectivity index (χ4n) is 3.82. The second-order valence-corrected chi connectivity index (χ2v) is 12.9. The van der Waals surface area contributed by atoms with E-state index in [2.05, 4.69) is 111 Å². The van der Waals surface area contributed by atoms with E-state index in [0.717, 1.165) is 25.2 Å². The van der Waals surface area contributed by atoms with E-state index in [9.17, 15) is 21.6 Å². The first-order chi connectivity index (χ1) is 18.7. The van der Waals surface area contributed by atoms with Crippen molar-refractivity contribution in [3.05, 3.63) is 72.8 Å². The molecule has 1 atom stereocenters. The highest BCUT2D eigenvalue weighted by atomic mass is 32.2. The summed E-state index contributed by atoms with van der Waals surface area (Å²) in [5, 5.41) is 0. The van der Waals surface area contributed by atoms with Gasteiger partial charge in [-0.05, 0) is 79.2 Å². The summed E-state index contributed by atoms with van der Waals surface area (Å²) in [5.41, 5.74) is 2.41. The maximum Gasteiger partial charge on any atom is 0.405 e. The highest BCUT2D eigenvalue weighted by molar-refractivity contribution is 7.97. The van der Waals surface area contributed by atoms with Gasteiger partial charge in [-0.1, -0.05) is 0 Å². The molecule has 4 rings (SSSR count). The van der Waals surface area contributed by atoms with Gasteiger partial charge in [0, 0.05) is 46.0 Å². The first kappa shape index (κ1) is 31.6. The van der Waals surface area contributed by atoms with Gasteiger partial charge in [0.25, 0.3) is 10.1 Å². The first-order valence-corrected chi connectivity index (χ1v) is 15.2. The Labute approximate surface area is 236 Å². The van der Waals surface area contributed by atoms with Crippen molar-refractivity contribution in [1.82, 2.24) is 0 Å². The predicted molar refractivity (Wildman–Crippen MR) is 152 cm³/mol. The molecule has 1 N–H and O–H groups in total. The number of benzene rings is 3. The van der Waals surface area contributed by atoms with E-state index in [1.54, 1.807) is 0 Å². The molecule has 1 heterocycles. The van der Waals surface area contributed by atoms with Gasteiger partial charge in [0.1, 0.15) is 5.75 Å². The molecule has 1 aliphatic rings. The molecule has 0 saturated carbocycles. The number of hydrogen-bond acceptors (Lipinski definition) is 6. The van der Waals surface area contributed by atoms with Gasteiger partial charge in [-0.25, -0.2) is 0 Å². The molecule has 1 saturated heterocycles. The highest BCUT2D eigenvalue weighted by Gasteiger charge is 2.34. The van der Waals surface area contributed by atoms with Crippen LogP contribution in [0.5, 0.6) is 5.75 Å². The van der Waals surface area contributed by atoms with Crippen molar-refractivity contribution in [2.24, 2.45) is 0 Å². The predicted octanol–water partition coefficient (Wildman–Crippen LogP) is 5.87. The number of rotatable bonds is 8. The summed E-state index contributed by atoms with van der Waals surface area (Å²) >= 11 is 0. The summed E-state index contributed by atoms with van der Waals surface area (Å²) in [6.45, 7) is 0.790. The van der Waals surface area contributed by atoms with Crippen LogP contribution in [0.15, 0.2) is 87.5 Å². The lowest BCUT2D eigenvalue weighted by atomic mass is 10.3. The molecule has 218 valence electrons. The molecular weight excluding hydrogens is 565 g/mol. The molecule has 7 nitrogen and oxygen atoms in total. The molecule has 0 radical (unpaired) electrons. The third-order valence-corrected chi connectivity index (χ3v) is 8.66. The molecule has 0 spiro atoms. The molecule has 0 aromatic heterocycles. The van der Waals surface area contributed by atoms with Crippen molar-refractivity contribution in [2.45, 2.75) is 40.0 Å². The topological polar surface area (TPSA) is 79.3 Å². The van der Waals surface area contributed by atoms with Gasteiger partial charge in [0.2, 0.25) is 0 Å². The number of nitrogens with zero attached hydrogens (tertiary/aromatic N) is 2. The van der Waals surface area contributed by atoms with Gasteiger partial charge >= 0.3 is 6.18 Å². The van der Waals surface area contributed by atoms with Gasteiger partial charge in [-0.3, -0.25) is 4.55 Å². The number of alkyl halides is 3. The van der Waals surface area contributed by atoms with Crippen LogP contribution in [-0.4, -0.2) is 66.0 Å². The highest BCUT2D eigenvalue weighted by Crippen LogP contribution is 2.34. The molecule has 40 heavy (non-hydrogen) atoms.